The van der Waals surface area contributed by atoms with Crippen LogP contribution >= 0.6 is 0 Å². The highest BCUT2D eigenvalue weighted by molar-refractivity contribution is 4.95. The van der Waals surface area contributed by atoms with Gasteiger partial charge in [-0.2, -0.15) is 0 Å². The molecule has 15 heavy (non-hydrogen) atoms. The van der Waals surface area contributed by atoms with Gasteiger partial charge in [0.25, 0.3) is 0 Å². The molecule has 1 atom stereocenters. The molecule has 1 unspecified atom stereocenters. The fraction of sp³-hybridized carbons (Fsp3) is 0.857. The summed E-state index contributed by atoms with van der Waals surface area (Å²) in [5.41, 5.74) is 0. The lowest BCUT2D eigenvalue weighted by Gasteiger charge is -2.06. The minimum absolute atomic E-state index is 0.231. The van der Waals surface area contributed by atoms with Gasteiger partial charge in [0, 0.05) is 0 Å². The molecule has 0 aromatic carbocycles. The highest BCUT2D eigenvalue weighted by atomic mass is 14.9. The lowest BCUT2D eigenvalue weighted by atomic mass is 10.1. The normalized spacial score (nSPS) is 12.3. The zero-order valence-corrected chi connectivity index (χ0v) is 10.5. The number of rotatable bonds is 10. The van der Waals surface area contributed by atoms with Crippen molar-refractivity contribution in [3.63, 3.8) is 0 Å². The molecule has 0 aromatic heterocycles. The predicted molar refractivity (Wildman–Crippen MR) is 68.9 cm³/mol. The Morgan fingerprint density at radius 1 is 1.00 bits per heavy atom. The largest absolute Gasteiger partial charge is 0.304 e. The maximum Gasteiger partial charge on any atom is 0.0658 e. The van der Waals surface area contributed by atoms with Crippen LogP contribution in [0.15, 0.2) is 0 Å². The molecule has 0 fully saturated rings. The molecule has 88 valence electrons. The Morgan fingerprint density at radius 3 is 2.07 bits per heavy atom. The van der Waals surface area contributed by atoms with Crippen LogP contribution in [0, 0.1) is 12.3 Å². The van der Waals surface area contributed by atoms with Gasteiger partial charge in [0.1, 0.15) is 0 Å². The minimum Gasteiger partial charge on any atom is -0.304 e. The van der Waals surface area contributed by atoms with Crippen molar-refractivity contribution in [3.05, 3.63) is 0 Å². The summed E-state index contributed by atoms with van der Waals surface area (Å²) in [7, 11) is 0. The van der Waals surface area contributed by atoms with Crippen molar-refractivity contribution in [1.82, 2.24) is 5.32 Å². The fourth-order valence-electron chi connectivity index (χ4n) is 1.64. The third kappa shape index (κ3) is 11.4. The van der Waals surface area contributed by atoms with Crippen molar-refractivity contribution in [2.45, 2.75) is 71.3 Å². The second-order valence-corrected chi connectivity index (χ2v) is 4.32. The van der Waals surface area contributed by atoms with E-state index in [1.807, 2.05) is 6.92 Å². The van der Waals surface area contributed by atoms with Gasteiger partial charge >= 0.3 is 0 Å². The zero-order valence-electron chi connectivity index (χ0n) is 10.5. The summed E-state index contributed by atoms with van der Waals surface area (Å²) >= 11 is 0. The lowest BCUT2D eigenvalue weighted by Crippen LogP contribution is -2.25. The number of hydrogen-bond donors (Lipinski definition) is 1. The first-order valence-corrected chi connectivity index (χ1v) is 6.50. The van der Waals surface area contributed by atoms with Gasteiger partial charge in [0.2, 0.25) is 0 Å². The number of unbranched alkanes of at least 4 members (excludes halogenated alkanes) is 7. The molecule has 1 heteroatoms. The molecule has 0 aromatic rings. The standard InChI is InChI=1S/C14H27N/c1-4-6-7-8-9-10-11-12-13-15-14(3)5-2/h2,14-15H,4,6-13H2,1,3H3. The van der Waals surface area contributed by atoms with Gasteiger partial charge in [-0.3, -0.25) is 0 Å². The van der Waals surface area contributed by atoms with E-state index >= 15 is 0 Å². The fourth-order valence-corrected chi connectivity index (χ4v) is 1.64. The van der Waals surface area contributed by atoms with Crippen molar-refractivity contribution < 1.29 is 0 Å². The molecule has 0 amide bonds. The van der Waals surface area contributed by atoms with Crippen molar-refractivity contribution in [3.8, 4) is 12.3 Å². The van der Waals surface area contributed by atoms with E-state index in [9.17, 15) is 0 Å². The molecule has 0 bridgehead atoms. The summed E-state index contributed by atoms with van der Waals surface area (Å²) in [6, 6.07) is 0.231. The summed E-state index contributed by atoms with van der Waals surface area (Å²) < 4.78 is 0. The Labute approximate surface area is 96.0 Å². The first kappa shape index (κ1) is 14.5. The monoisotopic (exact) mass is 209 g/mol. The second-order valence-electron chi connectivity index (χ2n) is 4.32. The highest BCUT2D eigenvalue weighted by Crippen LogP contribution is 2.07. The predicted octanol–water partition coefficient (Wildman–Crippen LogP) is 3.74. The van der Waals surface area contributed by atoms with E-state index in [-0.39, 0.29) is 6.04 Å². The molecular formula is C14H27N. The van der Waals surface area contributed by atoms with Crippen LogP contribution in [0.3, 0.4) is 0 Å². The summed E-state index contributed by atoms with van der Waals surface area (Å²) in [4.78, 5) is 0. The molecule has 0 spiro atoms. The Hall–Kier alpha value is -0.480. The average Bonchev–Trinajstić information content (AvgIpc) is 2.26. The van der Waals surface area contributed by atoms with Gasteiger partial charge in [0.05, 0.1) is 6.04 Å². The van der Waals surface area contributed by atoms with E-state index in [2.05, 4.69) is 18.2 Å². The molecule has 0 saturated carbocycles. The molecule has 0 heterocycles. The Balaban J connectivity index is 2.96. The van der Waals surface area contributed by atoms with Crippen molar-refractivity contribution in [2.75, 3.05) is 6.54 Å². The van der Waals surface area contributed by atoms with Gasteiger partial charge in [-0.25, -0.2) is 0 Å². The molecule has 0 aliphatic rings. The Morgan fingerprint density at radius 2 is 1.53 bits per heavy atom. The smallest absolute Gasteiger partial charge is 0.0658 e. The molecular weight excluding hydrogens is 182 g/mol. The van der Waals surface area contributed by atoms with Gasteiger partial charge in [-0.15, -0.1) is 6.42 Å². The topological polar surface area (TPSA) is 12.0 Å². The quantitative estimate of drug-likeness (QED) is 0.427. The third-order valence-corrected chi connectivity index (χ3v) is 2.73. The molecule has 0 radical (unpaired) electrons. The van der Waals surface area contributed by atoms with Crippen LogP contribution < -0.4 is 5.32 Å². The molecule has 0 aliphatic heterocycles. The molecule has 0 saturated heterocycles. The van der Waals surface area contributed by atoms with E-state index in [0.29, 0.717) is 0 Å². The number of nitrogens with one attached hydrogen (secondary N) is 1. The Bertz CT molecular complexity index is 157. The van der Waals surface area contributed by atoms with E-state index in [1.54, 1.807) is 0 Å². The maximum atomic E-state index is 5.27. The van der Waals surface area contributed by atoms with Gasteiger partial charge < -0.3 is 5.32 Å². The van der Waals surface area contributed by atoms with Gasteiger partial charge in [-0.1, -0.05) is 57.8 Å². The van der Waals surface area contributed by atoms with Crippen molar-refractivity contribution in [1.29, 1.82) is 0 Å². The van der Waals surface area contributed by atoms with Crippen LogP contribution in [0.4, 0.5) is 0 Å². The molecule has 0 aliphatic carbocycles. The van der Waals surface area contributed by atoms with E-state index in [0.717, 1.165) is 6.54 Å². The average molecular weight is 209 g/mol. The highest BCUT2D eigenvalue weighted by Gasteiger charge is 1.94. The Kier molecular flexibility index (Phi) is 11.2. The van der Waals surface area contributed by atoms with Crippen LogP contribution in [-0.2, 0) is 0 Å². The van der Waals surface area contributed by atoms with Crippen LogP contribution in [0.2, 0.25) is 0 Å². The van der Waals surface area contributed by atoms with Crippen LogP contribution in [0.1, 0.15) is 65.2 Å². The van der Waals surface area contributed by atoms with E-state index < -0.39 is 0 Å². The zero-order chi connectivity index (χ0) is 11.4. The van der Waals surface area contributed by atoms with Crippen molar-refractivity contribution >= 4 is 0 Å². The first-order chi connectivity index (χ1) is 7.31. The van der Waals surface area contributed by atoms with Crippen molar-refractivity contribution in [2.24, 2.45) is 0 Å². The molecule has 1 nitrogen and oxygen atoms in total. The first-order valence-electron chi connectivity index (χ1n) is 6.50. The van der Waals surface area contributed by atoms with Crippen LogP contribution in [-0.4, -0.2) is 12.6 Å². The number of hydrogen-bond acceptors (Lipinski definition) is 1. The SMILES string of the molecule is C#CC(C)NCCCCCCCCCC. The van der Waals surface area contributed by atoms with Crippen LogP contribution in [0.25, 0.3) is 0 Å². The van der Waals surface area contributed by atoms with E-state index in [1.165, 1.54) is 51.4 Å². The molecule has 0 rings (SSSR count). The minimum atomic E-state index is 0.231. The van der Waals surface area contributed by atoms with Crippen LogP contribution in [0.5, 0.6) is 0 Å². The lowest BCUT2D eigenvalue weighted by molar-refractivity contribution is 0.547. The summed E-state index contributed by atoms with van der Waals surface area (Å²) in [5, 5.41) is 3.31. The maximum absolute atomic E-state index is 5.27. The molecule has 1 N–H and O–H groups in total. The second kappa shape index (κ2) is 11.6. The van der Waals surface area contributed by atoms with Gasteiger partial charge in [-0.05, 0) is 19.9 Å². The van der Waals surface area contributed by atoms with Gasteiger partial charge in [0.15, 0.2) is 0 Å². The number of terminal acetylenes is 1. The summed E-state index contributed by atoms with van der Waals surface area (Å²) in [5.74, 6) is 2.68. The third-order valence-electron chi connectivity index (χ3n) is 2.73. The summed E-state index contributed by atoms with van der Waals surface area (Å²) in [6.07, 6.45) is 16.3. The summed E-state index contributed by atoms with van der Waals surface area (Å²) in [6.45, 7) is 5.36. The van der Waals surface area contributed by atoms with E-state index in [4.69, 9.17) is 6.42 Å².